The van der Waals surface area contributed by atoms with Gasteiger partial charge in [-0.15, -0.1) is 0 Å². The van der Waals surface area contributed by atoms with Crippen molar-refractivity contribution in [1.82, 2.24) is 10.6 Å². The third-order valence-electron chi connectivity index (χ3n) is 2.77. The molecule has 0 heterocycles. The first-order chi connectivity index (χ1) is 10.2. The molecule has 0 aliphatic carbocycles. The minimum atomic E-state index is -0.196. The zero-order valence-electron chi connectivity index (χ0n) is 11.5. The van der Waals surface area contributed by atoms with Gasteiger partial charge in [-0.2, -0.15) is 0 Å². The van der Waals surface area contributed by atoms with Gasteiger partial charge in [0.05, 0.1) is 6.54 Å². The van der Waals surface area contributed by atoms with Crippen molar-refractivity contribution in [2.75, 3.05) is 13.2 Å². The van der Waals surface area contributed by atoms with E-state index in [1.165, 1.54) is 0 Å². The lowest BCUT2D eigenvalue weighted by Crippen LogP contribution is -2.37. The average Bonchev–Trinajstić information content (AvgIpc) is 2.52. The number of amides is 2. The van der Waals surface area contributed by atoms with Crippen molar-refractivity contribution in [3.8, 4) is 5.75 Å². The third kappa shape index (κ3) is 5.87. The van der Waals surface area contributed by atoms with Crippen LogP contribution < -0.4 is 15.4 Å². The molecule has 0 unspecified atom stereocenters. The maximum Gasteiger partial charge on any atom is 0.315 e. The Kier molecular flexibility index (Phi) is 6.09. The Hall–Kier alpha value is -2.01. The largest absolute Gasteiger partial charge is 0.492 e. The molecule has 2 N–H and O–H groups in total. The van der Waals surface area contributed by atoms with Crippen LogP contribution in [0.3, 0.4) is 0 Å². The molecular weight excluding hydrogens is 332 g/mol. The van der Waals surface area contributed by atoms with Crippen LogP contribution in [0.2, 0.25) is 0 Å². The van der Waals surface area contributed by atoms with Crippen molar-refractivity contribution in [2.24, 2.45) is 0 Å². The number of benzene rings is 2. The van der Waals surface area contributed by atoms with Crippen molar-refractivity contribution < 1.29 is 9.53 Å². The molecule has 0 aliphatic heterocycles. The molecule has 2 aromatic rings. The fraction of sp³-hybridized carbons (Fsp3) is 0.188. The summed E-state index contributed by atoms with van der Waals surface area (Å²) < 4.78 is 6.52. The Bertz CT molecular complexity index is 558. The highest BCUT2D eigenvalue weighted by Crippen LogP contribution is 2.15. The van der Waals surface area contributed by atoms with Crippen LogP contribution in [-0.2, 0) is 6.54 Å². The van der Waals surface area contributed by atoms with Gasteiger partial charge in [0.1, 0.15) is 12.4 Å². The summed E-state index contributed by atoms with van der Waals surface area (Å²) in [6, 6.07) is 17.2. The highest BCUT2D eigenvalue weighted by atomic mass is 79.9. The highest BCUT2D eigenvalue weighted by Gasteiger charge is 2.00. The lowest BCUT2D eigenvalue weighted by atomic mass is 10.2. The lowest BCUT2D eigenvalue weighted by molar-refractivity contribution is 0.236. The zero-order chi connectivity index (χ0) is 14.9. The number of hydrogen-bond acceptors (Lipinski definition) is 2. The first-order valence-electron chi connectivity index (χ1n) is 6.68. The maximum atomic E-state index is 11.6. The van der Waals surface area contributed by atoms with E-state index in [4.69, 9.17) is 4.74 Å². The Morgan fingerprint density at radius 1 is 1.00 bits per heavy atom. The molecule has 0 spiro atoms. The van der Waals surface area contributed by atoms with Gasteiger partial charge in [-0.1, -0.05) is 46.3 Å². The van der Waals surface area contributed by atoms with Crippen LogP contribution in [0.15, 0.2) is 59.1 Å². The number of ether oxygens (including phenoxy) is 1. The van der Waals surface area contributed by atoms with E-state index in [-0.39, 0.29) is 6.03 Å². The number of halogens is 1. The molecular formula is C16H17BrN2O2. The Morgan fingerprint density at radius 2 is 1.71 bits per heavy atom. The van der Waals surface area contributed by atoms with E-state index < -0.39 is 0 Å². The van der Waals surface area contributed by atoms with Gasteiger partial charge in [0, 0.05) is 11.0 Å². The van der Waals surface area contributed by atoms with Crippen molar-refractivity contribution in [3.05, 3.63) is 64.6 Å². The lowest BCUT2D eigenvalue weighted by Gasteiger charge is -2.09. The molecule has 0 radical (unpaired) electrons. The van der Waals surface area contributed by atoms with E-state index in [1.54, 1.807) is 0 Å². The molecule has 2 rings (SSSR count). The summed E-state index contributed by atoms with van der Waals surface area (Å²) >= 11 is 3.36. The van der Waals surface area contributed by atoms with Crippen LogP contribution in [0, 0.1) is 0 Å². The molecule has 0 aliphatic rings. The van der Waals surface area contributed by atoms with E-state index in [9.17, 15) is 4.79 Å². The van der Waals surface area contributed by atoms with Gasteiger partial charge >= 0.3 is 6.03 Å². The number of rotatable bonds is 6. The standard InChI is InChI=1S/C16H17BrN2O2/c17-14-6-8-15(9-7-14)21-11-10-18-16(20)19-12-13-4-2-1-3-5-13/h1-9H,10-12H2,(H2,18,19,20). The summed E-state index contributed by atoms with van der Waals surface area (Å²) in [5.74, 6) is 0.782. The predicted molar refractivity (Wildman–Crippen MR) is 86.3 cm³/mol. The summed E-state index contributed by atoms with van der Waals surface area (Å²) in [5, 5.41) is 5.54. The number of nitrogens with one attached hydrogen (secondary N) is 2. The summed E-state index contributed by atoms with van der Waals surface area (Å²) in [5.41, 5.74) is 1.07. The number of urea groups is 1. The second-order valence-corrected chi connectivity index (χ2v) is 5.31. The average molecular weight is 349 g/mol. The van der Waals surface area contributed by atoms with Gasteiger partial charge in [0.15, 0.2) is 0 Å². The Morgan fingerprint density at radius 3 is 2.43 bits per heavy atom. The van der Waals surface area contributed by atoms with Gasteiger partial charge in [0.2, 0.25) is 0 Å². The van der Waals surface area contributed by atoms with Crippen molar-refractivity contribution >= 4 is 22.0 Å². The Balaban J connectivity index is 1.60. The molecule has 110 valence electrons. The summed E-state index contributed by atoms with van der Waals surface area (Å²) in [6.07, 6.45) is 0. The quantitative estimate of drug-likeness (QED) is 0.786. The first kappa shape index (κ1) is 15.4. The van der Waals surface area contributed by atoms with Gasteiger partial charge in [0.25, 0.3) is 0 Å². The molecule has 0 aromatic heterocycles. The van der Waals surface area contributed by atoms with Crippen molar-refractivity contribution in [2.45, 2.75) is 6.54 Å². The van der Waals surface area contributed by atoms with Crippen LogP contribution in [-0.4, -0.2) is 19.2 Å². The van der Waals surface area contributed by atoms with Crippen LogP contribution in [0.1, 0.15) is 5.56 Å². The van der Waals surface area contributed by atoms with E-state index in [2.05, 4.69) is 26.6 Å². The molecule has 4 nitrogen and oxygen atoms in total. The minimum absolute atomic E-state index is 0.196. The topological polar surface area (TPSA) is 50.4 Å². The van der Waals surface area contributed by atoms with Gasteiger partial charge in [-0.3, -0.25) is 0 Å². The SMILES string of the molecule is O=C(NCCOc1ccc(Br)cc1)NCc1ccccc1. The van der Waals surface area contributed by atoms with Crippen LogP contribution in [0.25, 0.3) is 0 Å². The molecule has 0 saturated heterocycles. The van der Waals surface area contributed by atoms with Gasteiger partial charge in [-0.05, 0) is 29.8 Å². The monoisotopic (exact) mass is 348 g/mol. The second kappa shape index (κ2) is 8.32. The van der Waals surface area contributed by atoms with E-state index in [1.807, 2.05) is 54.6 Å². The summed E-state index contributed by atoms with van der Waals surface area (Å²) in [4.78, 5) is 11.6. The highest BCUT2D eigenvalue weighted by molar-refractivity contribution is 9.10. The van der Waals surface area contributed by atoms with Crippen LogP contribution in [0.4, 0.5) is 4.79 Å². The fourth-order valence-corrected chi connectivity index (χ4v) is 1.97. The van der Waals surface area contributed by atoms with E-state index in [0.717, 1.165) is 15.8 Å². The predicted octanol–water partition coefficient (Wildman–Crippen LogP) is 3.33. The normalized spacial score (nSPS) is 9.95. The molecule has 21 heavy (non-hydrogen) atoms. The zero-order valence-corrected chi connectivity index (χ0v) is 13.1. The van der Waals surface area contributed by atoms with E-state index in [0.29, 0.717) is 19.7 Å². The van der Waals surface area contributed by atoms with Crippen molar-refractivity contribution in [1.29, 1.82) is 0 Å². The fourth-order valence-electron chi connectivity index (χ4n) is 1.70. The number of carbonyl (C=O) groups excluding carboxylic acids is 1. The maximum absolute atomic E-state index is 11.6. The summed E-state index contributed by atoms with van der Waals surface area (Å²) in [6.45, 7) is 1.40. The van der Waals surface area contributed by atoms with Crippen LogP contribution in [0.5, 0.6) is 5.75 Å². The second-order valence-electron chi connectivity index (χ2n) is 4.40. The van der Waals surface area contributed by atoms with E-state index >= 15 is 0 Å². The molecule has 5 heteroatoms. The van der Waals surface area contributed by atoms with Gasteiger partial charge < -0.3 is 15.4 Å². The molecule has 0 atom stereocenters. The van der Waals surface area contributed by atoms with Crippen LogP contribution >= 0.6 is 15.9 Å². The summed E-state index contributed by atoms with van der Waals surface area (Å²) in [7, 11) is 0. The van der Waals surface area contributed by atoms with Crippen molar-refractivity contribution in [3.63, 3.8) is 0 Å². The van der Waals surface area contributed by atoms with Gasteiger partial charge in [-0.25, -0.2) is 4.79 Å². The Labute approximate surface area is 132 Å². The molecule has 2 amide bonds. The minimum Gasteiger partial charge on any atom is -0.492 e. The molecule has 0 bridgehead atoms. The molecule has 2 aromatic carbocycles. The smallest absolute Gasteiger partial charge is 0.315 e. The molecule has 0 fully saturated rings. The third-order valence-corrected chi connectivity index (χ3v) is 3.29. The first-order valence-corrected chi connectivity index (χ1v) is 7.47. The molecule has 0 saturated carbocycles. The number of carbonyl (C=O) groups is 1. The number of hydrogen-bond donors (Lipinski definition) is 2.